The van der Waals surface area contributed by atoms with Crippen molar-refractivity contribution < 1.29 is 24.0 Å². The van der Waals surface area contributed by atoms with E-state index in [-0.39, 0.29) is 24.1 Å². The molecule has 0 fully saturated rings. The Morgan fingerprint density at radius 2 is 2.00 bits per heavy atom. The summed E-state index contributed by atoms with van der Waals surface area (Å²) in [7, 11) is 0. The number of hydrogen-bond donors (Lipinski definition) is 2. The number of aryl methyl sites for hydroxylation is 1. The number of rotatable bonds is 6. The molecule has 0 saturated heterocycles. The fourth-order valence-electron chi connectivity index (χ4n) is 1.84. The van der Waals surface area contributed by atoms with E-state index in [1.54, 1.807) is 0 Å². The number of halogens is 1. The zero-order chi connectivity index (χ0) is 17.1. The number of carboxylic acids is 1. The van der Waals surface area contributed by atoms with Crippen LogP contribution in [0.15, 0.2) is 12.1 Å². The summed E-state index contributed by atoms with van der Waals surface area (Å²) in [5.41, 5.74) is -1.84. The van der Waals surface area contributed by atoms with Crippen LogP contribution in [0.25, 0.3) is 0 Å². The van der Waals surface area contributed by atoms with Crippen molar-refractivity contribution in [1.82, 2.24) is 5.32 Å². The van der Waals surface area contributed by atoms with Crippen LogP contribution in [0.4, 0.5) is 10.1 Å². The van der Waals surface area contributed by atoms with Gasteiger partial charge >= 0.3 is 5.97 Å². The van der Waals surface area contributed by atoms with Crippen molar-refractivity contribution in [1.29, 1.82) is 0 Å². The summed E-state index contributed by atoms with van der Waals surface area (Å²) < 4.78 is 13.4. The number of nitrogens with zero attached hydrogens (tertiary/aromatic N) is 1. The van der Waals surface area contributed by atoms with E-state index < -0.39 is 33.7 Å². The molecule has 0 bridgehead atoms. The van der Waals surface area contributed by atoms with Crippen LogP contribution in [0.3, 0.4) is 0 Å². The molecule has 0 atom stereocenters. The van der Waals surface area contributed by atoms with Crippen molar-refractivity contribution in [3.63, 3.8) is 0 Å². The monoisotopic (exact) mass is 312 g/mol. The molecule has 1 rings (SSSR count). The van der Waals surface area contributed by atoms with Crippen molar-refractivity contribution in [3.8, 4) is 0 Å². The van der Waals surface area contributed by atoms with Crippen LogP contribution in [0.5, 0.6) is 0 Å². The molecule has 0 radical (unpaired) electrons. The lowest BCUT2D eigenvalue weighted by atomic mass is 9.89. The summed E-state index contributed by atoms with van der Waals surface area (Å²) >= 11 is 0. The molecule has 0 aliphatic carbocycles. The maximum Gasteiger partial charge on any atom is 0.309 e. The van der Waals surface area contributed by atoms with Crippen LogP contribution in [-0.4, -0.2) is 28.5 Å². The van der Waals surface area contributed by atoms with Crippen molar-refractivity contribution in [2.24, 2.45) is 5.41 Å². The first-order valence-electron chi connectivity index (χ1n) is 6.52. The fraction of sp³-hybridized carbons (Fsp3) is 0.429. The second kappa shape index (κ2) is 6.50. The Morgan fingerprint density at radius 3 is 2.50 bits per heavy atom. The van der Waals surface area contributed by atoms with Gasteiger partial charge in [-0.2, -0.15) is 0 Å². The van der Waals surface area contributed by atoms with E-state index in [1.165, 1.54) is 20.8 Å². The molecular weight excluding hydrogens is 295 g/mol. The van der Waals surface area contributed by atoms with Crippen LogP contribution >= 0.6 is 0 Å². The minimum absolute atomic E-state index is 0.00481. The molecule has 0 heterocycles. The third kappa shape index (κ3) is 4.00. The van der Waals surface area contributed by atoms with Crippen molar-refractivity contribution in [2.75, 3.05) is 6.54 Å². The molecule has 7 nitrogen and oxygen atoms in total. The highest BCUT2D eigenvalue weighted by Crippen LogP contribution is 2.25. The number of amides is 1. The van der Waals surface area contributed by atoms with Crippen LogP contribution in [0.1, 0.15) is 36.2 Å². The molecule has 8 heteroatoms. The van der Waals surface area contributed by atoms with Gasteiger partial charge in [0.25, 0.3) is 11.6 Å². The first kappa shape index (κ1) is 17.5. The third-order valence-electron chi connectivity index (χ3n) is 3.31. The Balaban J connectivity index is 2.91. The summed E-state index contributed by atoms with van der Waals surface area (Å²) in [5.74, 6) is -2.58. The number of carboxylic acid groups (broad SMARTS) is 1. The zero-order valence-electron chi connectivity index (χ0n) is 12.5. The predicted molar refractivity (Wildman–Crippen MR) is 76.2 cm³/mol. The summed E-state index contributed by atoms with van der Waals surface area (Å²) in [6.07, 6.45) is 0.135. The number of benzene rings is 1. The molecule has 1 aromatic carbocycles. The number of carbonyl (C=O) groups excluding carboxylic acids is 1. The lowest BCUT2D eigenvalue weighted by Crippen LogP contribution is -2.32. The molecule has 120 valence electrons. The van der Waals surface area contributed by atoms with E-state index in [0.717, 1.165) is 12.1 Å². The van der Waals surface area contributed by atoms with E-state index >= 15 is 0 Å². The number of nitrogens with one attached hydrogen (secondary N) is 1. The summed E-state index contributed by atoms with van der Waals surface area (Å²) in [5, 5.41) is 22.4. The first-order chi connectivity index (χ1) is 10.1. The number of hydrogen-bond acceptors (Lipinski definition) is 4. The highest BCUT2D eigenvalue weighted by molar-refractivity contribution is 5.98. The summed E-state index contributed by atoms with van der Waals surface area (Å²) in [6.45, 7) is 4.34. The molecule has 0 aromatic heterocycles. The highest BCUT2D eigenvalue weighted by Gasteiger charge is 2.28. The highest BCUT2D eigenvalue weighted by atomic mass is 19.1. The fourth-order valence-corrected chi connectivity index (χ4v) is 1.84. The van der Waals surface area contributed by atoms with E-state index in [4.69, 9.17) is 5.11 Å². The first-order valence-corrected chi connectivity index (χ1v) is 6.52. The topological polar surface area (TPSA) is 110 Å². The Bertz CT molecular complexity index is 628. The van der Waals surface area contributed by atoms with Gasteiger partial charge in [-0.15, -0.1) is 0 Å². The summed E-state index contributed by atoms with van der Waals surface area (Å²) in [4.78, 5) is 33.2. The van der Waals surface area contributed by atoms with Crippen LogP contribution in [0.2, 0.25) is 0 Å². The lowest BCUT2D eigenvalue weighted by Gasteiger charge is -2.18. The number of carbonyl (C=O) groups is 2. The van der Waals surface area contributed by atoms with E-state index in [2.05, 4.69) is 5.32 Å². The molecule has 0 aliphatic heterocycles. The number of nitro groups is 1. The van der Waals surface area contributed by atoms with Crippen molar-refractivity contribution >= 4 is 17.6 Å². The smallest absolute Gasteiger partial charge is 0.309 e. The van der Waals surface area contributed by atoms with Gasteiger partial charge in [0, 0.05) is 12.1 Å². The Hall–Kier alpha value is -2.51. The second-order valence-electron chi connectivity index (χ2n) is 5.57. The minimum Gasteiger partial charge on any atom is -0.481 e. The Labute approximate surface area is 126 Å². The minimum atomic E-state index is -1.04. The van der Waals surface area contributed by atoms with E-state index in [0.29, 0.717) is 0 Å². The van der Waals surface area contributed by atoms with Gasteiger partial charge in [-0.25, -0.2) is 4.39 Å². The maximum absolute atomic E-state index is 13.4. The molecule has 0 saturated carbocycles. The van der Waals surface area contributed by atoms with Crippen LogP contribution in [0, 0.1) is 28.3 Å². The van der Waals surface area contributed by atoms with Gasteiger partial charge in [0.15, 0.2) is 0 Å². The van der Waals surface area contributed by atoms with Gasteiger partial charge in [0.1, 0.15) is 11.4 Å². The normalized spacial score (nSPS) is 11.1. The van der Waals surface area contributed by atoms with E-state index in [1.807, 2.05) is 0 Å². The molecule has 0 unspecified atom stereocenters. The van der Waals surface area contributed by atoms with Gasteiger partial charge in [-0.1, -0.05) is 0 Å². The predicted octanol–water partition coefficient (Wildman–Crippen LogP) is 2.27. The zero-order valence-corrected chi connectivity index (χ0v) is 12.5. The van der Waals surface area contributed by atoms with Gasteiger partial charge < -0.3 is 10.4 Å². The Kier molecular flexibility index (Phi) is 5.19. The molecule has 22 heavy (non-hydrogen) atoms. The van der Waals surface area contributed by atoms with Crippen LogP contribution < -0.4 is 5.32 Å². The van der Waals surface area contributed by atoms with Gasteiger partial charge in [0.05, 0.1) is 10.3 Å². The molecular formula is C14H17FN2O5. The van der Waals surface area contributed by atoms with E-state index in [9.17, 15) is 24.1 Å². The summed E-state index contributed by atoms with van der Waals surface area (Å²) in [6, 6.07) is 1.77. The maximum atomic E-state index is 13.4. The standard InChI is InChI=1S/C14H17FN2O5/c1-8-6-9(15)7-10(11(8)17(21)22)12(18)16-5-4-14(2,3)13(19)20/h6-7H,4-5H2,1-3H3,(H,16,18)(H,19,20). The Morgan fingerprint density at radius 1 is 1.41 bits per heavy atom. The molecule has 0 aliphatic rings. The molecule has 0 spiro atoms. The number of aliphatic carboxylic acids is 1. The van der Waals surface area contributed by atoms with Crippen molar-refractivity contribution in [2.45, 2.75) is 27.2 Å². The largest absolute Gasteiger partial charge is 0.481 e. The van der Waals surface area contributed by atoms with Gasteiger partial charge in [-0.05, 0) is 39.3 Å². The average molecular weight is 312 g/mol. The molecule has 2 N–H and O–H groups in total. The van der Waals surface area contributed by atoms with Crippen molar-refractivity contribution in [3.05, 3.63) is 39.2 Å². The van der Waals surface area contributed by atoms with Gasteiger partial charge in [0.2, 0.25) is 0 Å². The quantitative estimate of drug-likeness (QED) is 0.618. The SMILES string of the molecule is Cc1cc(F)cc(C(=O)NCCC(C)(C)C(=O)O)c1[N+](=O)[O-]. The molecule has 1 aromatic rings. The number of nitro benzene ring substituents is 1. The molecule has 1 amide bonds. The average Bonchev–Trinajstić information content (AvgIpc) is 2.36. The van der Waals surface area contributed by atoms with Gasteiger partial charge in [-0.3, -0.25) is 19.7 Å². The van der Waals surface area contributed by atoms with Crippen LogP contribution in [-0.2, 0) is 4.79 Å². The third-order valence-corrected chi connectivity index (χ3v) is 3.31. The second-order valence-corrected chi connectivity index (χ2v) is 5.57. The lowest BCUT2D eigenvalue weighted by molar-refractivity contribution is -0.385.